The van der Waals surface area contributed by atoms with E-state index in [1.165, 1.54) is 31.3 Å². The molecule has 1 heterocycles. The quantitative estimate of drug-likeness (QED) is 0.808. The topological polar surface area (TPSA) is 49.4 Å². The molecule has 0 spiro atoms. The molecule has 3 rings (SSSR count). The van der Waals surface area contributed by atoms with Gasteiger partial charge in [0.25, 0.3) is 0 Å². The third-order valence-corrected chi connectivity index (χ3v) is 5.17. The predicted octanol–water partition coefficient (Wildman–Crippen LogP) is 2.39. The van der Waals surface area contributed by atoms with Crippen molar-refractivity contribution in [2.75, 3.05) is 13.1 Å². The van der Waals surface area contributed by atoms with Gasteiger partial charge < -0.3 is 10.2 Å². The number of nitrogens with one attached hydrogen (secondary N) is 1. The van der Waals surface area contributed by atoms with Crippen molar-refractivity contribution in [2.45, 2.75) is 63.8 Å². The lowest BCUT2D eigenvalue weighted by Gasteiger charge is -2.24. The number of likely N-dealkylation sites (tertiary alicyclic amines) is 1. The van der Waals surface area contributed by atoms with Crippen LogP contribution in [0.2, 0.25) is 0 Å². The monoisotopic (exact) mass is 290 g/mol. The van der Waals surface area contributed by atoms with Gasteiger partial charge in [0.2, 0.25) is 11.8 Å². The lowest BCUT2D eigenvalue weighted by atomic mass is 9.99. The average Bonchev–Trinajstić information content (AvgIpc) is 3.15. The van der Waals surface area contributed by atoms with E-state index in [0.29, 0.717) is 25.6 Å². The first kappa shape index (κ1) is 14.6. The molecule has 2 fully saturated rings. The summed E-state index contributed by atoms with van der Waals surface area (Å²) in [6.07, 6.45) is 12.1. The van der Waals surface area contributed by atoms with Crippen molar-refractivity contribution < 1.29 is 9.59 Å². The molecule has 0 aromatic rings. The van der Waals surface area contributed by atoms with E-state index in [1.807, 2.05) is 4.90 Å². The third-order valence-electron chi connectivity index (χ3n) is 5.17. The summed E-state index contributed by atoms with van der Waals surface area (Å²) < 4.78 is 0. The standard InChI is InChI=1S/C17H26N2O2/c20-16-10-14(12-19(16)15-8-4-5-9-15)17(21)18-11-13-6-2-1-3-7-13/h6,14-15H,1-5,7-12H2,(H,18,21). The van der Waals surface area contributed by atoms with Crippen LogP contribution in [0.3, 0.4) is 0 Å². The Hall–Kier alpha value is -1.32. The number of nitrogens with zero attached hydrogens (tertiary/aromatic N) is 1. The molecule has 4 heteroatoms. The molecule has 1 saturated heterocycles. The lowest BCUT2D eigenvalue weighted by Crippen LogP contribution is -2.37. The molecule has 2 aliphatic carbocycles. The highest BCUT2D eigenvalue weighted by Gasteiger charge is 2.38. The summed E-state index contributed by atoms with van der Waals surface area (Å²) in [4.78, 5) is 26.4. The SMILES string of the molecule is O=C(NCC1=CCCCC1)C1CC(=O)N(C2CCCC2)C1. The summed E-state index contributed by atoms with van der Waals surface area (Å²) in [6, 6.07) is 0.399. The second-order valence-corrected chi connectivity index (χ2v) is 6.71. The van der Waals surface area contributed by atoms with Crippen molar-refractivity contribution in [1.29, 1.82) is 0 Å². The molecule has 0 radical (unpaired) electrons. The van der Waals surface area contributed by atoms with Crippen LogP contribution in [0.4, 0.5) is 0 Å². The van der Waals surface area contributed by atoms with E-state index < -0.39 is 0 Å². The third kappa shape index (κ3) is 3.47. The van der Waals surface area contributed by atoms with Crippen molar-refractivity contribution in [3.8, 4) is 0 Å². The lowest BCUT2D eigenvalue weighted by molar-refractivity contribution is -0.130. The van der Waals surface area contributed by atoms with Crippen LogP contribution in [0.15, 0.2) is 11.6 Å². The molecular formula is C17H26N2O2. The van der Waals surface area contributed by atoms with E-state index in [0.717, 1.165) is 25.7 Å². The van der Waals surface area contributed by atoms with Gasteiger partial charge in [0, 0.05) is 25.6 Å². The van der Waals surface area contributed by atoms with Crippen LogP contribution in [0, 0.1) is 5.92 Å². The van der Waals surface area contributed by atoms with E-state index in [2.05, 4.69) is 11.4 Å². The Morgan fingerprint density at radius 1 is 1.24 bits per heavy atom. The van der Waals surface area contributed by atoms with Crippen molar-refractivity contribution in [2.24, 2.45) is 5.92 Å². The molecule has 0 aromatic heterocycles. The smallest absolute Gasteiger partial charge is 0.225 e. The first-order chi connectivity index (χ1) is 10.2. The van der Waals surface area contributed by atoms with Crippen molar-refractivity contribution >= 4 is 11.8 Å². The van der Waals surface area contributed by atoms with Gasteiger partial charge in [-0.2, -0.15) is 0 Å². The highest BCUT2D eigenvalue weighted by molar-refractivity contribution is 5.89. The van der Waals surface area contributed by atoms with Gasteiger partial charge in [-0.05, 0) is 38.5 Å². The van der Waals surface area contributed by atoms with E-state index in [-0.39, 0.29) is 17.7 Å². The largest absolute Gasteiger partial charge is 0.352 e. The fraction of sp³-hybridized carbons (Fsp3) is 0.765. The maximum Gasteiger partial charge on any atom is 0.225 e. The number of hydrogen-bond donors (Lipinski definition) is 1. The molecule has 1 aliphatic heterocycles. The van der Waals surface area contributed by atoms with Gasteiger partial charge in [-0.15, -0.1) is 0 Å². The summed E-state index contributed by atoms with van der Waals surface area (Å²) in [6.45, 7) is 1.31. The molecule has 2 amide bonds. The number of carbonyl (C=O) groups excluding carboxylic acids is 2. The van der Waals surface area contributed by atoms with E-state index in [9.17, 15) is 9.59 Å². The number of hydrogen-bond acceptors (Lipinski definition) is 2. The maximum atomic E-state index is 12.3. The fourth-order valence-corrected chi connectivity index (χ4v) is 3.89. The van der Waals surface area contributed by atoms with Gasteiger partial charge in [-0.3, -0.25) is 9.59 Å². The van der Waals surface area contributed by atoms with E-state index >= 15 is 0 Å². The van der Waals surface area contributed by atoms with Crippen molar-refractivity contribution in [3.05, 3.63) is 11.6 Å². The molecule has 0 aromatic carbocycles. The number of allylic oxidation sites excluding steroid dienone is 1. The molecular weight excluding hydrogens is 264 g/mol. The van der Waals surface area contributed by atoms with Crippen LogP contribution in [0.25, 0.3) is 0 Å². The second kappa shape index (κ2) is 6.63. The number of rotatable bonds is 4. The van der Waals surface area contributed by atoms with Crippen LogP contribution < -0.4 is 5.32 Å². The summed E-state index contributed by atoms with van der Waals surface area (Å²) in [5, 5.41) is 3.04. The minimum Gasteiger partial charge on any atom is -0.352 e. The Morgan fingerprint density at radius 3 is 2.76 bits per heavy atom. The predicted molar refractivity (Wildman–Crippen MR) is 81.6 cm³/mol. The molecule has 1 saturated carbocycles. The molecule has 4 nitrogen and oxygen atoms in total. The zero-order valence-corrected chi connectivity index (χ0v) is 12.8. The fourth-order valence-electron chi connectivity index (χ4n) is 3.89. The minimum absolute atomic E-state index is 0.0651. The summed E-state index contributed by atoms with van der Waals surface area (Å²) >= 11 is 0. The van der Waals surface area contributed by atoms with Gasteiger partial charge in [0.05, 0.1) is 5.92 Å². The molecule has 1 N–H and O–H groups in total. The molecule has 1 atom stereocenters. The summed E-state index contributed by atoms with van der Waals surface area (Å²) in [5.41, 5.74) is 1.35. The Bertz CT molecular complexity index is 438. The molecule has 116 valence electrons. The summed E-state index contributed by atoms with van der Waals surface area (Å²) in [5.74, 6) is 0.108. The first-order valence-corrected chi connectivity index (χ1v) is 8.49. The number of carbonyl (C=O) groups is 2. The van der Waals surface area contributed by atoms with Crippen LogP contribution >= 0.6 is 0 Å². The van der Waals surface area contributed by atoms with Gasteiger partial charge in [-0.25, -0.2) is 0 Å². The van der Waals surface area contributed by atoms with E-state index in [4.69, 9.17) is 0 Å². The zero-order chi connectivity index (χ0) is 14.7. The maximum absolute atomic E-state index is 12.3. The van der Waals surface area contributed by atoms with Gasteiger partial charge >= 0.3 is 0 Å². The van der Waals surface area contributed by atoms with Crippen LogP contribution in [0.5, 0.6) is 0 Å². The minimum atomic E-state index is -0.137. The number of amides is 2. The van der Waals surface area contributed by atoms with Crippen LogP contribution in [0.1, 0.15) is 57.8 Å². The zero-order valence-electron chi connectivity index (χ0n) is 12.8. The molecule has 1 unspecified atom stereocenters. The second-order valence-electron chi connectivity index (χ2n) is 6.71. The van der Waals surface area contributed by atoms with Crippen molar-refractivity contribution in [1.82, 2.24) is 10.2 Å². The Balaban J connectivity index is 1.49. The van der Waals surface area contributed by atoms with Crippen molar-refractivity contribution in [3.63, 3.8) is 0 Å². The Morgan fingerprint density at radius 2 is 2.05 bits per heavy atom. The van der Waals surface area contributed by atoms with E-state index in [1.54, 1.807) is 0 Å². The normalized spacial score (nSPS) is 27.0. The molecule has 21 heavy (non-hydrogen) atoms. The van der Waals surface area contributed by atoms with Crippen LogP contribution in [-0.4, -0.2) is 35.8 Å². The first-order valence-electron chi connectivity index (χ1n) is 8.49. The average molecular weight is 290 g/mol. The van der Waals surface area contributed by atoms with Gasteiger partial charge in [0.15, 0.2) is 0 Å². The Kier molecular flexibility index (Phi) is 4.61. The summed E-state index contributed by atoms with van der Waals surface area (Å²) in [7, 11) is 0. The highest BCUT2D eigenvalue weighted by atomic mass is 16.2. The van der Waals surface area contributed by atoms with Crippen LogP contribution in [-0.2, 0) is 9.59 Å². The van der Waals surface area contributed by atoms with Gasteiger partial charge in [0.1, 0.15) is 0 Å². The molecule has 3 aliphatic rings. The highest BCUT2D eigenvalue weighted by Crippen LogP contribution is 2.29. The molecule has 0 bridgehead atoms. The van der Waals surface area contributed by atoms with Gasteiger partial charge in [-0.1, -0.05) is 24.5 Å². The Labute approximate surface area is 127 Å².